The minimum atomic E-state index is -0.512. The molecule has 0 aliphatic rings. The highest BCUT2D eigenvalue weighted by Gasteiger charge is 2.15. The number of hydrogen-bond donors (Lipinski definition) is 0. The molecule has 0 atom stereocenters. The van der Waals surface area contributed by atoms with Crippen LogP contribution >= 0.6 is 0 Å². The van der Waals surface area contributed by atoms with Gasteiger partial charge in [0.2, 0.25) is 11.7 Å². The first-order chi connectivity index (χ1) is 10.2. The highest BCUT2D eigenvalue weighted by Crippen LogP contribution is 2.18. The van der Waals surface area contributed by atoms with Gasteiger partial charge in [0.05, 0.1) is 6.26 Å². The van der Waals surface area contributed by atoms with E-state index in [2.05, 4.69) is 4.98 Å². The lowest BCUT2D eigenvalue weighted by Crippen LogP contribution is -2.05. The number of benzene rings is 1. The number of nitrogens with zero attached hydrogens (tertiary/aromatic N) is 1. The predicted molar refractivity (Wildman–Crippen MR) is 74.5 cm³/mol. The topological polar surface area (TPSA) is 65.5 Å². The van der Waals surface area contributed by atoms with Crippen molar-refractivity contribution in [2.75, 3.05) is 0 Å². The summed E-state index contributed by atoms with van der Waals surface area (Å²) in [5.74, 6) is 0.194. The molecule has 5 nitrogen and oxygen atoms in total. The normalized spacial score (nSPS) is 10.5. The average Bonchev–Trinajstić information content (AvgIpc) is 3.15. The zero-order valence-electron chi connectivity index (χ0n) is 11.4. The molecule has 0 saturated carbocycles. The van der Waals surface area contributed by atoms with Crippen molar-refractivity contribution in [2.24, 2.45) is 0 Å². The molecule has 0 aliphatic carbocycles. The fourth-order valence-electron chi connectivity index (χ4n) is 1.87. The fourth-order valence-corrected chi connectivity index (χ4v) is 1.87. The second kappa shape index (κ2) is 5.66. The summed E-state index contributed by atoms with van der Waals surface area (Å²) in [5.41, 5.74) is 2.16. The van der Waals surface area contributed by atoms with Crippen LogP contribution in [-0.2, 0) is 11.3 Å². The third-order valence-electron chi connectivity index (χ3n) is 2.97. The van der Waals surface area contributed by atoms with Gasteiger partial charge in [-0.25, -0.2) is 9.78 Å². The first kappa shape index (κ1) is 13.2. The molecule has 2 aromatic heterocycles. The van der Waals surface area contributed by atoms with Crippen LogP contribution in [-0.4, -0.2) is 11.0 Å². The van der Waals surface area contributed by atoms with E-state index in [4.69, 9.17) is 13.6 Å². The Morgan fingerprint density at radius 2 is 2.00 bits per heavy atom. The molecule has 0 saturated heterocycles. The third-order valence-corrected chi connectivity index (χ3v) is 2.97. The Bertz CT molecular complexity index is 742. The summed E-state index contributed by atoms with van der Waals surface area (Å²) in [4.78, 5) is 16.1. The van der Waals surface area contributed by atoms with Gasteiger partial charge in [0.15, 0.2) is 0 Å². The van der Waals surface area contributed by atoms with Crippen molar-refractivity contribution in [1.29, 1.82) is 0 Å². The number of ether oxygens (including phenoxy) is 1. The summed E-state index contributed by atoms with van der Waals surface area (Å²) in [7, 11) is 0. The van der Waals surface area contributed by atoms with Crippen molar-refractivity contribution in [1.82, 2.24) is 4.98 Å². The maximum atomic E-state index is 11.8. The van der Waals surface area contributed by atoms with Gasteiger partial charge in [-0.15, -0.1) is 0 Å². The van der Waals surface area contributed by atoms with E-state index in [1.165, 1.54) is 12.5 Å². The molecule has 106 valence electrons. The number of rotatable bonds is 4. The Hall–Kier alpha value is -2.82. The highest BCUT2D eigenvalue weighted by molar-refractivity contribution is 5.87. The molecular formula is C16H13NO4. The monoisotopic (exact) mass is 283 g/mol. The van der Waals surface area contributed by atoms with Crippen LogP contribution in [0.5, 0.6) is 0 Å². The molecule has 3 rings (SSSR count). The second-order valence-electron chi connectivity index (χ2n) is 4.52. The van der Waals surface area contributed by atoms with E-state index in [0.29, 0.717) is 11.6 Å². The first-order valence-corrected chi connectivity index (χ1v) is 6.45. The molecule has 0 spiro atoms. The van der Waals surface area contributed by atoms with Crippen LogP contribution in [0.15, 0.2) is 57.8 Å². The lowest BCUT2D eigenvalue weighted by molar-refractivity contribution is 0.0430. The van der Waals surface area contributed by atoms with Gasteiger partial charge in [-0.05, 0) is 25.1 Å². The molecule has 0 aliphatic heterocycles. The van der Waals surface area contributed by atoms with Crippen LogP contribution in [0.1, 0.15) is 21.8 Å². The Kier molecular flexibility index (Phi) is 3.55. The van der Waals surface area contributed by atoms with E-state index < -0.39 is 5.97 Å². The van der Waals surface area contributed by atoms with E-state index in [9.17, 15) is 4.79 Å². The predicted octanol–water partition coefficient (Wildman–Crippen LogP) is 3.60. The van der Waals surface area contributed by atoms with Crippen LogP contribution in [0.3, 0.4) is 0 Å². The number of furan rings is 1. The summed E-state index contributed by atoms with van der Waals surface area (Å²) in [6.45, 7) is 1.82. The van der Waals surface area contributed by atoms with E-state index in [1.807, 2.05) is 30.3 Å². The maximum absolute atomic E-state index is 11.8. The zero-order valence-corrected chi connectivity index (χ0v) is 11.4. The molecule has 1 aromatic carbocycles. The smallest absolute Gasteiger partial charge is 0.374 e. The van der Waals surface area contributed by atoms with Crippen LogP contribution in [0.4, 0.5) is 0 Å². The van der Waals surface area contributed by atoms with Gasteiger partial charge in [0.25, 0.3) is 0 Å². The Labute approximate surface area is 121 Å². The summed E-state index contributed by atoms with van der Waals surface area (Å²) in [5, 5.41) is 0. The van der Waals surface area contributed by atoms with Crippen molar-refractivity contribution in [3.05, 3.63) is 65.9 Å². The van der Waals surface area contributed by atoms with Crippen molar-refractivity contribution < 1.29 is 18.4 Å². The van der Waals surface area contributed by atoms with E-state index in [-0.39, 0.29) is 12.4 Å². The standard InChI is InChI=1S/C16H13NO4/c1-11-7-8-19-14(11)16(18)21-10-13-9-20-15(17-13)12-5-3-2-4-6-12/h2-9H,10H2,1H3. The quantitative estimate of drug-likeness (QED) is 0.684. The maximum Gasteiger partial charge on any atom is 0.374 e. The SMILES string of the molecule is Cc1ccoc1C(=O)OCc1coc(-c2ccccc2)n1. The summed E-state index contributed by atoms with van der Waals surface area (Å²) in [6, 6.07) is 11.2. The minimum Gasteiger partial charge on any atom is -0.457 e. The lowest BCUT2D eigenvalue weighted by Gasteiger charge is -2.00. The minimum absolute atomic E-state index is 0.0370. The van der Waals surface area contributed by atoms with Gasteiger partial charge in [-0.1, -0.05) is 18.2 Å². The van der Waals surface area contributed by atoms with Crippen molar-refractivity contribution in [2.45, 2.75) is 13.5 Å². The first-order valence-electron chi connectivity index (χ1n) is 6.45. The molecule has 0 fully saturated rings. The van der Waals surface area contributed by atoms with Gasteiger partial charge in [0.1, 0.15) is 18.6 Å². The summed E-state index contributed by atoms with van der Waals surface area (Å²) >= 11 is 0. The van der Waals surface area contributed by atoms with Crippen LogP contribution < -0.4 is 0 Å². The number of carbonyl (C=O) groups excluding carboxylic acids is 1. The Morgan fingerprint density at radius 1 is 1.19 bits per heavy atom. The van der Waals surface area contributed by atoms with Crippen LogP contribution in [0, 0.1) is 6.92 Å². The zero-order chi connectivity index (χ0) is 14.7. The molecule has 0 bridgehead atoms. The lowest BCUT2D eigenvalue weighted by atomic mass is 10.2. The Morgan fingerprint density at radius 3 is 2.71 bits per heavy atom. The molecule has 0 unspecified atom stereocenters. The number of aromatic nitrogens is 1. The molecular weight excluding hydrogens is 270 g/mol. The van der Waals surface area contributed by atoms with Crippen molar-refractivity contribution >= 4 is 5.97 Å². The van der Waals surface area contributed by atoms with Gasteiger partial charge in [-0.3, -0.25) is 0 Å². The molecule has 0 N–H and O–H groups in total. The summed E-state index contributed by atoms with van der Waals surface area (Å²) in [6.07, 6.45) is 2.93. The fraction of sp³-hybridized carbons (Fsp3) is 0.125. The number of carbonyl (C=O) groups is 1. The average molecular weight is 283 g/mol. The molecule has 3 aromatic rings. The summed E-state index contributed by atoms with van der Waals surface area (Å²) < 4.78 is 15.6. The van der Waals surface area contributed by atoms with Crippen LogP contribution in [0.25, 0.3) is 11.5 Å². The van der Waals surface area contributed by atoms with Gasteiger partial charge in [0, 0.05) is 11.1 Å². The van der Waals surface area contributed by atoms with Gasteiger partial charge >= 0.3 is 5.97 Å². The molecule has 0 radical (unpaired) electrons. The van der Waals surface area contributed by atoms with Gasteiger partial charge < -0.3 is 13.6 Å². The van der Waals surface area contributed by atoms with Crippen molar-refractivity contribution in [3.8, 4) is 11.5 Å². The Balaban J connectivity index is 1.66. The highest BCUT2D eigenvalue weighted by atomic mass is 16.5. The van der Waals surface area contributed by atoms with Gasteiger partial charge in [-0.2, -0.15) is 0 Å². The van der Waals surface area contributed by atoms with E-state index in [1.54, 1.807) is 13.0 Å². The number of hydrogen-bond acceptors (Lipinski definition) is 5. The van der Waals surface area contributed by atoms with E-state index >= 15 is 0 Å². The van der Waals surface area contributed by atoms with Crippen LogP contribution in [0.2, 0.25) is 0 Å². The largest absolute Gasteiger partial charge is 0.457 e. The molecule has 21 heavy (non-hydrogen) atoms. The third kappa shape index (κ3) is 2.86. The number of oxazole rings is 1. The molecule has 2 heterocycles. The molecule has 5 heteroatoms. The number of esters is 1. The number of aryl methyl sites for hydroxylation is 1. The van der Waals surface area contributed by atoms with E-state index in [0.717, 1.165) is 11.1 Å². The van der Waals surface area contributed by atoms with Crippen molar-refractivity contribution in [3.63, 3.8) is 0 Å². The second-order valence-corrected chi connectivity index (χ2v) is 4.52. The molecule has 0 amide bonds.